The van der Waals surface area contributed by atoms with Crippen molar-refractivity contribution in [2.24, 2.45) is 17.1 Å². The molecule has 252 valence electrons. The molecule has 0 radical (unpaired) electrons. The number of hydrogen-bond acceptors (Lipinski definition) is 10. The van der Waals surface area contributed by atoms with E-state index in [2.05, 4.69) is 14.9 Å². The van der Waals surface area contributed by atoms with Crippen molar-refractivity contribution in [1.82, 2.24) is 9.71 Å². The van der Waals surface area contributed by atoms with Gasteiger partial charge in [0.25, 0.3) is 11.8 Å². The Morgan fingerprint density at radius 3 is 2.33 bits per heavy atom. The normalized spacial score (nSPS) is 19.2. The minimum Gasteiger partial charge on any atom is -0.463 e. The van der Waals surface area contributed by atoms with E-state index >= 15 is 0 Å². The van der Waals surface area contributed by atoms with Crippen molar-refractivity contribution < 1.29 is 23.1 Å². The lowest BCUT2D eigenvalue weighted by atomic mass is 9.93. The van der Waals surface area contributed by atoms with Crippen molar-refractivity contribution >= 4 is 46.8 Å². The van der Waals surface area contributed by atoms with Gasteiger partial charge < -0.3 is 30.5 Å². The Kier molecular flexibility index (Phi) is 10.6. The van der Waals surface area contributed by atoms with Crippen LogP contribution in [0.4, 0.5) is 31.8 Å². The van der Waals surface area contributed by atoms with Crippen LogP contribution in [0, 0.1) is 11.3 Å². The third-order valence-corrected chi connectivity index (χ3v) is 10.2. The fraction of sp³-hybridized carbons (Fsp3) is 0.606. The number of carbonyl (C=O) groups is 2. The first-order valence-corrected chi connectivity index (χ1v) is 17.0. The number of nitrogens with zero attached hydrogens (tertiary/aromatic N) is 4. The van der Waals surface area contributed by atoms with Gasteiger partial charge in [0.2, 0.25) is 0 Å². The third-order valence-electron chi connectivity index (χ3n) is 9.34. The Labute approximate surface area is 274 Å². The second kappa shape index (κ2) is 14.3. The highest BCUT2D eigenvalue weighted by atomic mass is 32.2. The van der Waals surface area contributed by atoms with Crippen molar-refractivity contribution in [1.29, 1.82) is 0 Å². The quantitative estimate of drug-likeness (QED) is 0.161. The number of benzene rings is 1. The highest BCUT2D eigenvalue weighted by Gasteiger charge is 2.44. The zero-order valence-electron chi connectivity index (χ0n) is 27.3. The maximum absolute atomic E-state index is 13.9. The number of ether oxygens (including phenoxy) is 1. The Bertz CT molecular complexity index is 1390. The summed E-state index contributed by atoms with van der Waals surface area (Å²) in [7, 11) is 3.77. The Balaban J connectivity index is 1.29. The molecule has 46 heavy (non-hydrogen) atoms. The fourth-order valence-corrected chi connectivity index (χ4v) is 6.60. The number of halogens is 2. The lowest BCUT2D eigenvalue weighted by Crippen LogP contribution is -2.40. The number of piperidine rings is 2. The summed E-state index contributed by atoms with van der Waals surface area (Å²) in [5.74, 6) is -2.39. The number of alkyl halides is 2. The van der Waals surface area contributed by atoms with Gasteiger partial charge in [-0.1, -0.05) is 13.8 Å². The zero-order chi connectivity index (χ0) is 33.1. The van der Waals surface area contributed by atoms with Crippen LogP contribution >= 0.6 is 11.9 Å². The lowest BCUT2D eigenvalue weighted by Gasteiger charge is -2.35. The van der Waals surface area contributed by atoms with E-state index in [1.54, 1.807) is 6.07 Å². The second-order valence-electron chi connectivity index (χ2n) is 13.3. The van der Waals surface area contributed by atoms with Crippen molar-refractivity contribution in [3.63, 3.8) is 0 Å². The standard InChI is InChI=1S/C33H47F2N7O3S/c1-22(2)28(36)31(44)45-20-15-37-46-23-5-6-24(26(21-23)41-16-11-32(9-10-32)12-17-41)30(43)39-27-8-7-25(40(3)4)29(38-27)42-18-13-33(34,35)14-19-42/h5-8,21-22,28,37H,9-20,36H2,1-4H3,(H,38,39,43)/t28-/m0/s1. The van der Waals surface area contributed by atoms with E-state index in [0.29, 0.717) is 29.2 Å². The summed E-state index contributed by atoms with van der Waals surface area (Å²) >= 11 is 1.42. The van der Waals surface area contributed by atoms with Gasteiger partial charge in [0.15, 0.2) is 5.82 Å². The average molecular weight is 660 g/mol. The number of esters is 1. The SMILES string of the molecule is CC(C)[C@H](N)C(=O)OCCNSc1ccc(C(=O)Nc2ccc(N(C)C)c(N3CCC(F)(F)CC3)n2)c(N2CCC3(CC2)CC3)c1. The molecule has 1 saturated carbocycles. The van der Waals surface area contributed by atoms with Gasteiger partial charge in [-0.25, -0.2) is 13.8 Å². The number of aromatic nitrogens is 1. The van der Waals surface area contributed by atoms with Crippen LogP contribution in [0.2, 0.25) is 0 Å². The molecule has 13 heteroatoms. The van der Waals surface area contributed by atoms with E-state index in [1.165, 1.54) is 24.8 Å². The van der Waals surface area contributed by atoms with Crippen molar-refractivity contribution in [3.8, 4) is 0 Å². The molecule has 1 atom stereocenters. The summed E-state index contributed by atoms with van der Waals surface area (Å²) in [6.45, 7) is 6.56. The molecular weight excluding hydrogens is 612 g/mol. The topological polar surface area (TPSA) is 116 Å². The highest BCUT2D eigenvalue weighted by molar-refractivity contribution is 7.97. The Morgan fingerprint density at radius 2 is 1.70 bits per heavy atom. The van der Waals surface area contributed by atoms with Crippen LogP contribution in [0.1, 0.15) is 62.7 Å². The molecule has 0 bridgehead atoms. The minimum atomic E-state index is -2.67. The first kappa shape index (κ1) is 34.2. The van der Waals surface area contributed by atoms with Gasteiger partial charge in [0.1, 0.15) is 18.5 Å². The molecule has 3 fully saturated rings. The van der Waals surface area contributed by atoms with E-state index in [1.807, 2.05) is 62.0 Å². The molecule has 4 N–H and O–H groups in total. The number of amides is 1. The van der Waals surface area contributed by atoms with E-state index < -0.39 is 17.9 Å². The summed E-state index contributed by atoms with van der Waals surface area (Å²) in [5.41, 5.74) is 8.55. The number of carbonyl (C=O) groups excluding carboxylic acids is 2. The van der Waals surface area contributed by atoms with Gasteiger partial charge in [0.05, 0.1) is 16.9 Å². The van der Waals surface area contributed by atoms with Gasteiger partial charge in [-0.15, -0.1) is 0 Å². The van der Waals surface area contributed by atoms with Crippen LogP contribution in [0.25, 0.3) is 0 Å². The predicted molar refractivity (Wildman–Crippen MR) is 180 cm³/mol. The van der Waals surface area contributed by atoms with Gasteiger partial charge in [-0.05, 0) is 79.3 Å². The molecule has 2 aromatic rings. The van der Waals surface area contributed by atoms with Gasteiger partial charge in [-0.2, -0.15) is 0 Å². The summed E-state index contributed by atoms with van der Waals surface area (Å²) in [6.07, 6.45) is 4.34. The fourth-order valence-electron chi connectivity index (χ4n) is 5.95. The number of nitrogens with one attached hydrogen (secondary N) is 2. The van der Waals surface area contributed by atoms with Crippen LogP contribution < -0.4 is 30.5 Å². The van der Waals surface area contributed by atoms with E-state index in [0.717, 1.165) is 42.2 Å². The van der Waals surface area contributed by atoms with Crippen molar-refractivity contribution in [3.05, 3.63) is 35.9 Å². The number of pyridine rings is 1. The van der Waals surface area contributed by atoms with Crippen LogP contribution in [0.3, 0.4) is 0 Å². The lowest BCUT2D eigenvalue weighted by molar-refractivity contribution is -0.146. The maximum Gasteiger partial charge on any atom is 0.323 e. The van der Waals surface area contributed by atoms with Crippen LogP contribution in [-0.4, -0.2) is 82.3 Å². The van der Waals surface area contributed by atoms with E-state index in [9.17, 15) is 18.4 Å². The third kappa shape index (κ3) is 8.40. The van der Waals surface area contributed by atoms with Gasteiger partial charge in [-0.3, -0.25) is 14.3 Å². The zero-order valence-corrected chi connectivity index (χ0v) is 28.1. The highest BCUT2D eigenvalue weighted by Crippen LogP contribution is 2.54. The Hall–Kier alpha value is -3.16. The monoisotopic (exact) mass is 659 g/mol. The van der Waals surface area contributed by atoms with E-state index in [4.69, 9.17) is 15.5 Å². The maximum atomic E-state index is 13.9. The number of nitrogens with two attached hydrogens (primary N) is 1. The molecule has 3 aliphatic rings. The van der Waals surface area contributed by atoms with Gasteiger partial charge >= 0.3 is 5.97 Å². The molecule has 1 aromatic heterocycles. The van der Waals surface area contributed by atoms with Crippen LogP contribution in [-0.2, 0) is 9.53 Å². The molecule has 2 aliphatic heterocycles. The van der Waals surface area contributed by atoms with Gasteiger partial charge in [0, 0.05) is 64.6 Å². The van der Waals surface area contributed by atoms with E-state index in [-0.39, 0.29) is 44.4 Å². The largest absolute Gasteiger partial charge is 0.463 e. The number of hydrogen-bond donors (Lipinski definition) is 3. The molecular formula is C33H47F2N7O3S. The molecule has 2 saturated heterocycles. The van der Waals surface area contributed by atoms with Crippen molar-refractivity contribution in [2.45, 2.75) is 69.2 Å². The molecule has 0 unspecified atom stereocenters. The smallest absolute Gasteiger partial charge is 0.323 e. The minimum absolute atomic E-state index is 0.00863. The summed E-state index contributed by atoms with van der Waals surface area (Å²) in [4.78, 5) is 37.6. The second-order valence-corrected chi connectivity index (χ2v) is 14.3. The summed E-state index contributed by atoms with van der Waals surface area (Å²) < 4.78 is 36.3. The molecule has 5 rings (SSSR count). The van der Waals surface area contributed by atoms with Crippen LogP contribution in [0.5, 0.6) is 0 Å². The molecule has 1 amide bonds. The molecule has 10 nitrogen and oxygen atoms in total. The van der Waals surface area contributed by atoms with Crippen molar-refractivity contribution in [2.75, 3.05) is 73.4 Å². The number of rotatable bonds is 12. The first-order chi connectivity index (χ1) is 21.9. The first-order valence-electron chi connectivity index (χ1n) is 16.2. The molecule has 1 spiro atoms. The molecule has 1 aliphatic carbocycles. The molecule has 3 heterocycles. The summed E-state index contributed by atoms with van der Waals surface area (Å²) in [6, 6.07) is 8.73. The summed E-state index contributed by atoms with van der Waals surface area (Å²) in [5, 5.41) is 2.98. The Morgan fingerprint density at radius 1 is 1.02 bits per heavy atom. The molecule has 1 aromatic carbocycles. The average Bonchev–Trinajstić information content (AvgIpc) is 3.78. The van der Waals surface area contributed by atoms with Crippen LogP contribution in [0.15, 0.2) is 35.2 Å². The predicted octanol–water partition coefficient (Wildman–Crippen LogP) is 5.14. The number of anilines is 4.